The topological polar surface area (TPSA) is 60.1 Å². The minimum absolute atomic E-state index is 0.156. The monoisotopic (exact) mass is 407 g/mol. The van der Waals surface area contributed by atoms with Crippen LogP contribution in [-0.2, 0) is 9.53 Å². The predicted octanol–water partition coefficient (Wildman–Crippen LogP) is 2.15. The van der Waals surface area contributed by atoms with Gasteiger partial charge in [0.1, 0.15) is 5.78 Å². The molecule has 2 saturated heterocycles. The summed E-state index contributed by atoms with van der Waals surface area (Å²) < 4.78 is 5.75. The second kappa shape index (κ2) is 12.1. The van der Waals surface area contributed by atoms with Crippen LogP contribution in [0.2, 0.25) is 0 Å². The molecule has 0 unspecified atom stereocenters. The molecule has 3 rings (SSSR count). The molecule has 3 aliphatic rings. The molecule has 7 heteroatoms. The number of ether oxygens (including phenoxy) is 1. The van der Waals surface area contributed by atoms with Gasteiger partial charge in [-0.05, 0) is 52.6 Å². The van der Waals surface area contributed by atoms with Crippen molar-refractivity contribution in [2.75, 3.05) is 52.4 Å². The van der Waals surface area contributed by atoms with Crippen LogP contribution in [0.1, 0.15) is 47.5 Å². The predicted molar refractivity (Wildman–Crippen MR) is 118 cm³/mol. The third-order valence-electron chi connectivity index (χ3n) is 5.46. The van der Waals surface area contributed by atoms with Gasteiger partial charge < -0.3 is 15.1 Å². The smallest absolute Gasteiger partial charge is 0.207 e. The lowest BCUT2D eigenvalue weighted by molar-refractivity contribution is -0.118. The Bertz CT molecular complexity index is 560. The summed E-state index contributed by atoms with van der Waals surface area (Å²) in [5.74, 6) is 1.83. The number of allylic oxidation sites excluding steroid dienone is 1. The molecule has 166 valence electrons. The van der Waals surface area contributed by atoms with Crippen LogP contribution in [0.15, 0.2) is 23.9 Å². The zero-order valence-electron chi connectivity index (χ0n) is 19.0. The van der Waals surface area contributed by atoms with Gasteiger partial charge in [0.2, 0.25) is 5.88 Å². The summed E-state index contributed by atoms with van der Waals surface area (Å²) in [7, 11) is 0. The van der Waals surface area contributed by atoms with E-state index in [0.717, 1.165) is 51.1 Å². The maximum absolute atomic E-state index is 11.3. The molecule has 0 aromatic carbocycles. The zero-order valence-corrected chi connectivity index (χ0v) is 19.0. The van der Waals surface area contributed by atoms with Gasteiger partial charge in [-0.2, -0.15) is 0 Å². The van der Waals surface area contributed by atoms with E-state index in [2.05, 4.69) is 31.6 Å². The molecule has 0 aliphatic carbocycles. The quantitative estimate of drug-likeness (QED) is 0.670. The molecule has 0 atom stereocenters. The largest absolute Gasteiger partial charge is 0.475 e. The maximum atomic E-state index is 11.3. The van der Waals surface area contributed by atoms with E-state index >= 15 is 0 Å². The van der Waals surface area contributed by atoms with Crippen LogP contribution in [0.5, 0.6) is 0 Å². The van der Waals surface area contributed by atoms with Gasteiger partial charge in [0, 0.05) is 45.0 Å². The fourth-order valence-corrected chi connectivity index (χ4v) is 4.09. The van der Waals surface area contributed by atoms with E-state index in [1.165, 1.54) is 25.1 Å². The van der Waals surface area contributed by atoms with E-state index in [-0.39, 0.29) is 11.9 Å². The van der Waals surface area contributed by atoms with Crippen molar-refractivity contribution in [3.8, 4) is 0 Å². The third-order valence-corrected chi connectivity index (χ3v) is 5.46. The molecule has 0 aromatic heterocycles. The van der Waals surface area contributed by atoms with Gasteiger partial charge in [-0.25, -0.2) is 0 Å². The number of hydrogen-bond donors (Lipinski definition) is 2. The van der Waals surface area contributed by atoms with Crippen LogP contribution < -0.4 is 10.9 Å². The normalized spacial score (nSPS) is 21.4. The average Bonchev–Trinajstić information content (AvgIpc) is 2.71. The molecule has 29 heavy (non-hydrogen) atoms. The van der Waals surface area contributed by atoms with Crippen molar-refractivity contribution in [3.63, 3.8) is 0 Å². The van der Waals surface area contributed by atoms with E-state index < -0.39 is 0 Å². The van der Waals surface area contributed by atoms with Gasteiger partial charge >= 0.3 is 0 Å². The number of carbonyl (C=O) groups excluding carboxylic acids is 1. The number of carbonyl (C=O) groups is 1. The van der Waals surface area contributed by atoms with Crippen LogP contribution in [0.3, 0.4) is 0 Å². The minimum atomic E-state index is 0.156. The Morgan fingerprint density at radius 2 is 1.76 bits per heavy atom. The van der Waals surface area contributed by atoms with Crippen molar-refractivity contribution < 1.29 is 9.53 Å². The standard InChI is InChI=1S/C20H35N5O2.C2H6/c1-16(2)27-20-12-19(13-21-22-20)25-10-8-24(9-11-25)15-18-4-6-23(7-5-18)14-17(3)26;1-2/h12-13,16,18,21-22H,4-11,14-15H2,1-3H3;1-2H3. The lowest BCUT2D eigenvalue weighted by Crippen LogP contribution is -2.49. The number of likely N-dealkylation sites (tertiary alicyclic amines) is 1. The molecule has 0 radical (unpaired) electrons. The Morgan fingerprint density at radius 1 is 1.10 bits per heavy atom. The van der Waals surface area contributed by atoms with Crippen molar-refractivity contribution in [2.24, 2.45) is 5.92 Å². The maximum Gasteiger partial charge on any atom is 0.207 e. The Balaban J connectivity index is 0.00000145. The molecule has 0 amide bonds. The van der Waals surface area contributed by atoms with Crippen molar-refractivity contribution in [3.05, 3.63) is 23.9 Å². The van der Waals surface area contributed by atoms with Gasteiger partial charge in [-0.3, -0.25) is 20.0 Å². The lowest BCUT2D eigenvalue weighted by atomic mass is 9.95. The fraction of sp³-hybridized carbons (Fsp3) is 0.773. The summed E-state index contributed by atoms with van der Waals surface area (Å²) in [4.78, 5) is 18.6. The number of hydrogen-bond acceptors (Lipinski definition) is 7. The Morgan fingerprint density at radius 3 is 2.34 bits per heavy atom. The number of piperazine rings is 1. The zero-order chi connectivity index (χ0) is 21.2. The van der Waals surface area contributed by atoms with Crippen LogP contribution in [0, 0.1) is 5.92 Å². The van der Waals surface area contributed by atoms with Gasteiger partial charge in [0.05, 0.1) is 18.3 Å². The second-order valence-electron chi connectivity index (χ2n) is 8.22. The van der Waals surface area contributed by atoms with Crippen LogP contribution in [-0.4, -0.2) is 78.9 Å². The van der Waals surface area contributed by atoms with E-state index in [0.29, 0.717) is 6.54 Å². The molecule has 0 saturated carbocycles. The first-order valence-corrected chi connectivity index (χ1v) is 11.3. The van der Waals surface area contributed by atoms with Crippen LogP contribution >= 0.6 is 0 Å². The first-order valence-electron chi connectivity index (χ1n) is 11.3. The molecular formula is C22H41N5O2. The van der Waals surface area contributed by atoms with Gasteiger partial charge in [0.15, 0.2) is 0 Å². The van der Waals surface area contributed by atoms with Gasteiger partial charge in [-0.15, -0.1) is 0 Å². The molecule has 3 heterocycles. The molecule has 7 nitrogen and oxygen atoms in total. The number of rotatable bonds is 7. The molecule has 0 spiro atoms. The summed E-state index contributed by atoms with van der Waals surface area (Å²) in [5, 5.41) is 0. The van der Waals surface area contributed by atoms with E-state index in [4.69, 9.17) is 4.74 Å². The molecule has 2 N–H and O–H groups in total. The summed E-state index contributed by atoms with van der Waals surface area (Å²) in [5.41, 5.74) is 7.32. The number of Topliss-reactive ketones (excluding diaryl/α,β-unsaturated/α-hetero) is 1. The highest BCUT2D eigenvalue weighted by Crippen LogP contribution is 2.20. The van der Waals surface area contributed by atoms with Crippen molar-refractivity contribution in [1.29, 1.82) is 0 Å². The van der Waals surface area contributed by atoms with E-state index in [1.807, 2.05) is 33.9 Å². The average molecular weight is 408 g/mol. The molecule has 2 fully saturated rings. The van der Waals surface area contributed by atoms with Gasteiger partial charge in [-0.1, -0.05) is 13.8 Å². The van der Waals surface area contributed by atoms with Gasteiger partial charge in [0.25, 0.3) is 0 Å². The summed E-state index contributed by atoms with van der Waals surface area (Å²) in [6.07, 6.45) is 6.67. The lowest BCUT2D eigenvalue weighted by Gasteiger charge is -2.40. The first-order chi connectivity index (χ1) is 14.0. The number of nitrogens with one attached hydrogen (secondary N) is 2. The highest BCUT2D eigenvalue weighted by Gasteiger charge is 2.25. The van der Waals surface area contributed by atoms with E-state index in [9.17, 15) is 4.79 Å². The number of ketones is 1. The highest BCUT2D eigenvalue weighted by atomic mass is 16.5. The number of hydrazine groups is 1. The summed E-state index contributed by atoms with van der Waals surface area (Å²) >= 11 is 0. The number of nitrogens with zero attached hydrogens (tertiary/aromatic N) is 3. The van der Waals surface area contributed by atoms with Crippen molar-refractivity contribution in [1.82, 2.24) is 25.6 Å². The SMILES string of the molecule is CC.CC(=O)CN1CCC(CN2CCN(C3=CNNC(OC(C)C)=C3)CC2)CC1. The van der Waals surface area contributed by atoms with Crippen molar-refractivity contribution in [2.45, 2.75) is 53.6 Å². The molecule has 0 bridgehead atoms. The van der Waals surface area contributed by atoms with Crippen LogP contribution in [0.25, 0.3) is 0 Å². The van der Waals surface area contributed by atoms with E-state index in [1.54, 1.807) is 6.92 Å². The summed E-state index contributed by atoms with van der Waals surface area (Å²) in [6.45, 7) is 18.0. The molecular weight excluding hydrogens is 366 g/mol. The minimum Gasteiger partial charge on any atom is -0.475 e. The third kappa shape index (κ3) is 7.90. The Labute approximate surface area is 177 Å². The fourth-order valence-electron chi connectivity index (χ4n) is 4.09. The Hall–Kier alpha value is -1.73. The Kier molecular flexibility index (Phi) is 9.81. The molecule has 3 aliphatic heterocycles. The summed E-state index contributed by atoms with van der Waals surface area (Å²) in [6, 6.07) is 0. The molecule has 0 aromatic rings. The van der Waals surface area contributed by atoms with Crippen molar-refractivity contribution >= 4 is 5.78 Å². The highest BCUT2D eigenvalue weighted by molar-refractivity contribution is 5.77. The second-order valence-corrected chi connectivity index (χ2v) is 8.22. The van der Waals surface area contributed by atoms with Crippen LogP contribution in [0.4, 0.5) is 0 Å². The number of piperidine rings is 1. The first kappa shape index (κ1) is 23.5.